The average Bonchev–Trinajstić information content (AvgIpc) is 3.00. The molecule has 2 atom stereocenters. The SMILES string of the molecule is Cc1cc(Nc2nc(N3C[C@@H]4C[C@@]4(NC(=O)OC(C)(C)C)C3)nc3ncccc23)n[nH]1. The zero-order chi connectivity index (χ0) is 21.8. The van der Waals surface area contributed by atoms with Crippen molar-refractivity contribution in [3.05, 3.63) is 30.1 Å². The number of nitrogens with one attached hydrogen (secondary N) is 3. The molecule has 31 heavy (non-hydrogen) atoms. The van der Waals surface area contributed by atoms with Gasteiger partial charge in [-0.25, -0.2) is 9.78 Å². The molecule has 10 nitrogen and oxygen atoms in total. The molecule has 1 aliphatic heterocycles. The lowest BCUT2D eigenvalue weighted by atomic mass is 10.2. The number of rotatable bonds is 4. The lowest BCUT2D eigenvalue weighted by Gasteiger charge is -2.24. The maximum atomic E-state index is 12.3. The number of hydrogen-bond acceptors (Lipinski definition) is 8. The number of amides is 1. The molecular weight excluding hydrogens is 396 g/mol. The Morgan fingerprint density at radius 2 is 2.19 bits per heavy atom. The molecular formula is C21H26N8O2. The molecule has 2 aliphatic rings. The number of aromatic amines is 1. The fraction of sp³-hybridized carbons (Fsp3) is 0.476. The van der Waals surface area contributed by atoms with Gasteiger partial charge in [-0.1, -0.05) is 0 Å². The van der Waals surface area contributed by atoms with Gasteiger partial charge in [0.15, 0.2) is 11.5 Å². The maximum Gasteiger partial charge on any atom is 0.408 e. The monoisotopic (exact) mass is 422 g/mol. The molecule has 1 saturated heterocycles. The van der Waals surface area contributed by atoms with Crippen LogP contribution in [-0.4, -0.2) is 55.5 Å². The smallest absolute Gasteiger partial charge is 0.408 e. The van der Waals surface area contributed by atoms with E-state index in [-0.39, 0.29) is 11.6 Å². The van der Waals surface area contributed by atoms with E-state index in [9.17, 15) is 4.79 Å². The van der Waals surface area contributed by atoms with Gasteiger partial charge < -0.3 is 20.3 Å². The van der Waals surface area contributed by atoms with Crippen LogP contribution >= 0.6 is 0 Å². The van der Waals surface area contributed by atoms with Gasteiger partial charge in [-0.15, -0.1) is 0 Å². The number of hydrogen-bond donors (Lipinski definition) is 3. The Bertz CT molecular complexity index is 1150. The third-order valence-corrected chi connectivity index (χ3v) is 5.59. The second-order valence-electron chi connectivity index (χ2n) is 9.37. The first-order valence-corrected chi connectivity index (χ1v) is 10.4. The van der Waals surface area contributed by atoms with E-state index in [1.54, 1.807) is 6.20 Å². The van der Waals surface area contributed by atoms with Crippen molar-refractivity contribution in [3.63, 3.8) is 0 Å². The Morgan fingerprint density at radius 1 is 1.35 bits per heavy atom. The van der Waals surface area contributed by atoms with Crippen molar-refractivity contribution in [2.45, 2.75) is 45.3 Å². The fourth-order valence-electron chi connectivity index (χ4n) is 4.13. The highest BCUT2D eigenvalue weighted by molar-refractivity contribution is 5.89. The van der Waals surface area contributed by atoms with E-state index in [4.69, 9.17) is 9.72 Å². The molecule has 5 rings (SSSR count). The molecule has 0 spiro atoms. The molecule has 3 aromatic rings. The number of H-pyrrole nitrogens is 1. The van der Waals surface area contributed by atoms with Gasteiger partial charge in [-0.2, -0.15) is 15.1 Å². The Balaban J connectivity index is 1.39. The number of pyridine rings is 1. The van der Waals surface area contributed by atoms with E-state index < -0.39 is 5.60 Å². The highest BCUT2D eigenvalue weighted by Gasteiger charge is 2.62. The average molecular weight is 422 g/mol. The lowest BCUT2D eigenvalue weighted by Crippen LogP contribution is -2.44. The second-order valence-corrected chi connectivity index (χ2v) is 9.37. The normalized spacial score (nSPS) is 22.3. The molecule has 1 aliphatic carbocycles. The first-order valence-electron chi connectivity index (χ1n) is 10.4. The minimum absolute atomic E-state index is 0.280. The van der Waals surface area contributed by atoms with E-state index in [1.165, 1.54) is 0 Å². The van der Waals surface area contributed by atoms with Crippen LogP contribution in [0.4, 0.5) is 22.4 Å². The van der Waals surface area contributed by atoms with Crippen molar-refractivity contribution in [2.24, 2.45) is 5.92 Å². The third-order valence-electron chi connectivity index (χ3n) is 5.59. The molecule has 3 N–H and O–H groups in total. The number of aromatic nitrogens is 5. The Labute approximate surface area is 179 Å². The summed E-state index contributed by atoms with van der Waals surface area (Å²) in [6, 6.07) is 5.70. The van der Waals surface area contributed by atoms with Crippen LogP contribution < -0.4 is 15.5 Å². The van der Waals surface area contributed by atoms with Gasteiger partial charge in [-0.3, -0.25) is 5.10 Å². The van der Waals surface area contributed by atoms with Crippen molar-refractivity contribution in [1.82, 2.24) is 30.5 Å². The van der Waals surface area contributed by atoms with E-state index in [0.717, 1.165) is 24.0 Å². The van der Waals surface area contributed by atoms with Crippen molar-refractivity contribution >= 4 is 34.7 Å². The summed E-state index contributed by atoms with van der Waals surface area (Å²) in [6.45, 7) is 8.94. The summed E-state index contributed by atoms with van der Waals surface area (Å²) in [5.74, 6) is 2.26. The predicted molar refractivity (Wildman–Crippen MR) is 116 cm³/mol. The van der Waals surface area contributed by atoms with Gasteiger partial charge in [0, 0.05) is 37.0 Å². The predicted octanol–water partition coefficient (Wildman–Crippen LogP) is 2.90. The molecule has 10 heteroatoms. The molecule has 0 unspecified atom stereocenters. The number of piperidine rings is 1. The number of aryl methyl sites for hydroxylation is 1. The number of anilines is 3. The summed E-state index contributed by atoms with van der Waals surface area (Å²) in [7, 11) is 0. The second kappa shape index (κ2) is 6.79. The van der Waals surface area contributed by atoms with Crippen LogP contribution in [0.1, 0.15) is 32.9 Å². The molecule has 1 amide bonds. The minimum atomic E-state index is -0.526. The minimum Gasteiger partial charge on any atom is -0.444 e. The lowest BCUT2D eigenvalue weighted by molar-refractivity contribution is 0.0498. The largest absolute Gasteiger partial charge is 0.444 e. The number of nitrogens with zero attached hydrogens (tertiary/aromatic N) is 5. The van der Waals surface area contributed by atoms with Crippen LogP contribution in [0.15, 0.2) is 24.4 Å². The maximum absolute atomic E-state index is 12.3. The first kappa shape index (κ1) is 19.5. The highest BCUT2D eigenvalue weighted by Crippen LogP contribution is 2.50. The van der Waals surface area contributed by atoms with Gasteiger partial charge in [0.2, 0.25) is 5.95 Å². The molecule has 4 heterocycles. The number of alkyl carbamates (subject to hydrolysis) is 1. The third kappa shape index (κ3) is 3.85. The van der Waals surface area contributed by atoms with Crippen LogP contribution in [0.5, 0.6) is 0 Å². The van der Waals surface area contributed by atoms with Crippen LogP contribution in [0.25, 0.3) is 11.0 Å². The van der Waals surface area contributed by atoms with E-state index in [1.807, 2.05) is 45.9 Å². The van der Waals surface area contributed by atoms with Crippen molar-refractivity contribution in [2.75, 3.05) is 23.3 Å². The Hall–Kier alpha value is -3.43. The standard InChI is InChI=1S/C21H26N8O2/c1-12-8-15(28-27-12)23-17-14-6-5-7-22-16(14)24-18(25-17)29-10-13-9-21(13,11-29)26-19(30)31-20(2,3)4/h5-8,13H,9-11H2,1-4H3,(H,26,30)(H2,22,23,24,25,27,28)/t13-,21+/m0/s1. The van der Waals surface area contributed by atoms with Crippen LogP contribution in [0.3, 0.4) is 0 Å². The van der Waals surface area contributed by atoms with E-state index in [0.29, 0.717) is 35.7 Å². The zero-order valence-electron chi connectivity index (χ0n) is 18.1. The summed E-state index contributed by atoms with van der Waals surface area (Å²) >= 11 is 0. The number of carbonyl (C=O) groups excluding carboxylic acids is 1. The fourth-order valence-corrected chi connectivity index (χ4v) is 4.13. The number of fused-ring (bicyclic) bond motifs is 2. The van der Waals surface area contributed by atoms with E-state index >= 15 is 0 Å². The number of ether oxygens (including phenoxy) is 1. The van der Waals surface area contributed by atoms with Crippen molar-refractivity contribution in [1.29, 1.82) is 0 Å². The van der Waals surface area contributed by atoms with Gasteiger partial charge >= 0.3 is 6.09 Å². The highest BCUT2D eigenvalue weighted by atomic mass is 16.6. The molecule has 0 bridgehead atoms. The molecule has 0 radical (unpaired) electrons. The summed E-state index contributed by atoms with van der Waals surface area (Å²) in [4.78, 5) is 28.3. The topological polar surface area (TPSA) is 121 Å². The van der Waals surface area contributed by atoms with Gasteiger partial charge in [-0.05, 0) is 46.2 Å². The van der Waals surface area contributed by atoms with E-state index in [2.05, 4.69) is 35.7 Å². The summed E-state index contributed by atoms with van der Waals surface area (Å²) in [5.41, 5.74) is 0.755. The molecule has 2 fully saturated rings. The summed E-state index contributed by atoms with van der Waals surface area (Å²) in [6.07, 6.45) is 2.27. The van der Waals surface area contributed by atoms with Crippen molar-refractivity contribution in [3.8, 4) is 0 Å². The van der Waals surface area contributed by atoms with Crippen molar-refractivity contribution < 1.29 is 9.53 Å². The Kier molecular flexibility index (Phi) is 4.28. The molecule has 3 aromatic heterocycles. The van der Waals surface area contributed by atoms with Crippen LogP contribution in [0.2, 0.25) is 0 Å². The van der Waals surface area contributed by atoms with Gasteiger partial charge in [0.25, 0.3) is 0 Å². The van der Waals surface area contributed by atoms with Crippen LogP contribution in [0, 0.1) is 12.8 Å². The van der Waals surface area contributed by atoms with Gasteiger partial charge in [0.05, 0.1) is 10.9 Å². The molecule has 162 valence electrons. The Morgan fingerprint density at radius 3 is 2.94 bits per heavy atom. The van der Waals surface area contributed by atoms with Crippen LogP contribution in [-0.2, 0) is 4.74 Å². The molecule has 0 aromatic carbocycles. The number of carbonyl (C=O) groups is 1. The molecule has 1 saturated carbocycles. The quantitative estimate of drug-likeness (QED) is 0.587. The van der Waals surface area contributed by atoms with Gasteiger partial charge in [0.1, 0.15) is 11.4 Å². The first-order chi connectivity index (χ1) is 14.7. The summed E-state index contributed by atoms with van der Waals surface area (Å²) in [5, 5.41) is 14.3. The zero-order valence-corrected chi connectivity index (χ0v) is 18.1. The summed E-state index contributed by atoms with van der Waals surface area (Å²) < 4.78 is 5.45.